The molecule has 4 aromatic rings. The number of fused-ring (bicyclic) bond motifs is 1. The van der Waals surface area contributed by atoms with Crippen LogP contribution in [0, 0.1) is 20.8 Å². The van der Waals surface area contributed by atoms with Gasteiger partial charge in [0.1, 0.15) is 21.4 Å². The van der Waals surface area contributed by atoms with Crippen molar-refractivity contribution >= 4 is 39.1 Å². The second-order valence-electron chi connectivity index (χ2n) is 6.77. The van der Waals surface area contributed by atoms with Crippen molar-refractivity contribution in [3.8, 4) is 0 Å². The molecule has 7 nitrogen and oxygen atoms in total. The van der Waals surface area contributed by atoms with Crippen LogP contribution in [-0.2, 0) is 6.54 Å². The maximum absolute atomic E-state index is 12.9. The molecule has 0 aliphatic heterocycles. The molecule has 0 bridgehead atoms. The second-order valence-corrected chi connectivity index (χ2v) is 8.03. The topological polar surface area (TPSA) is 81.8 Å². The van der Waals surface area contributed by atoms with Crippen LogP contribution < -0.4 is 11.0 Å². The number of amides is 1. The van der Waals surface area contributed by atoms with Crippen molar-refractivity contribution in [2.24, 2.45) is 0 Å². The maximum Gasteiger partial charge on any atom is 0.281 e. The van der Waals surface area contributed by atoms with Gasteiger partial charge in [0.15, 0.2) is 0 Å². The first-order valence-electron chi connectivity index (χ1n) is 8.92. The maximum atomic E-state index is 12.9. The van der Waals surface area contributed by atoms with Crippen LogP contribution in [0.5, 0.6) is 0 Å². The summed E-state index contributed by atoms with van der Waals surface area (Å²) in [4.78, 5) is 30.6. The van der Waals surface area contributed by atoms with Crippen LogP contribution >= 0.6 is 22.9 Å². The number of nitrogens with one attached hydrogen (secondary N) is 1. The van der Waals surface area contributed by atoms with Crippen molar-refractivity contribution in [2.45, 2.75) is 27.3 Å². The van der Waals surface area contributed by atoms with E-state index in [0.29, 0.717) is 28.3 Å². The van der Waals surface area contributed by atoms with Crippen LogP contribution in [0.1, 0.15) is 33.0 Å². The molecular formula is C20H18ClN5O2S. The predicted molar refractivity (Wildman–Crippen MR) is 115 cm³/mol. The van der Waals surface area contributed by atoms with Crippen LogP contribution in [-0.4, -0.2) is 25.3 Å². The lowest BCUT2D eigenvalue weighted by molar-refractivity contribution is 0.101. The molecule has 148 valence electrons. The number of thiophene rings is 1. The van der Waals surface area contributed by atoms with Gasteiger partial charge < -0.3 is 0 Å². The second kappa shape index (κ2) is 7.46. The van der Waals surface area contributed by atoms with Crippen LogP contribution in [0.2, 0.25) is 5.15 Å². The summed E-state index contributed by atoms with van der Waals surface area (Å²) in [6.07, 6.45) is 0. The molecule has 1 amide bonds. The van der Waals surface area contributed by atoms with Crippen molar-refractivity contribution in [3.05, 3.63) is 79.4 Å². The number of halogens is 1. The molecule has 9 heteroatoms. The molecule has 0 aliphatic rings. The molecule has 1 aromatic carbocycles. The Morgan fingerprint density at radius 1 is 1.17 bits per heavy atom. The lowest BCUT2D eigenvalue weighted by Gasteiger charge is -2.11. The van der Waals surface area contributed by atoms with Crippen LogP contribution in [0.3, 0.4) is 0 Å². The van der Waals surface area contributed by atoms with Gasteiger partial charge in [-0.15, -0.1) is 11.3 Å². The average Bonchev–Trinajstić information content (AvgIpc) is 3.25. The molecule has 0 unspecified atom stereocenters. The van der Waals surface area contributed by atoms with E-state index in [1.807, 2.05) is 31.2 Å². The number of hydrogen-bond acceptors (Lipinski definition) is 5. The molecule has 0 radical (unpaired) electrons. The van der Waals surface area contributed by atoms with Crippen LogP contribution in [0.4, 0.5) is 0 Å². The van der Waals surface area contributed by atoms with Gasteiger partial charge in [0.25, 0.3) is 11.5 Å². The monoisotopic (exact) mass is 427 g/mol. The van der Waals surface area contributed by atoms with Gasteiger partial charge in [-0.3, -0.25) is 15.0 Å². The van der Waals surface area contributed by atoms with Gasteiger partial charge in [0.05, 0.1) is 17.6 Å². The Hall–Kier alpha value is -2.97. The summed E-state index contributed by atoms with van der Waals surface area (Å²) >= 11 is 7.85. The average molecular weight is 428 g/mol. The normalized spacial score (nSPS) is 11.2. The summed E-state index contributed by atoms with van der Waals surface area (Å²) in [6, 6.07) is 9.70. The Morgan fingerprint density at radius 2 is 1.90 bits per heavy atom. The Balaban J connectivity index is 1.65. The number of carbonyl (C=O) groups is 1. The molecule has 3 aromatic heterocycles. The van der Waals surface area contributed by atoms with Crippen molar-refractivity contribution < 1.29 is 4.79 Å². The van der Waals surface area contributed by atoms with Crippen molar-refractivity contribution in [1.82, 2.24) is 19.4 Å². The van der Waals surface area contributed by atoms with Gasteiger partial charge >= 0.3 is 0 Å². The molecule has 0 fully saturated rings. The lowest BCUT2D eigenvalue weighted by Crippen LogP contribution is -2.35. The smallest absolute Gasteiger partial charge is 0.267 e. The van der Waals surface area contributed by atoms with E-state index in [2.05, 4.69) is 15.5 Å². The Bertz CT molecular complexity index is 1290. The summed E-state index contributed by atoms with van der Waals surface area (Å²) in [7, 11) is 0. The fourth-order valence-corrected chi connectivity index (χ4v) is 4.21. The zero-order valence-corrected chi connectivity index (χ0v) is 17.6. The number of aryl methyl sites for hydroxylation is 3. The summed E-state index contributed by atoms with van der Waals surface area (Å²) in [6.45, 7) is 5.83. The standard InChI is InChI=1S/C20H18ClN5O2S/c1-11-4-6-14(7-5-11)10-25-17(21)16(12(2)23-25)18(27)24-26-13(3)22-19-15(20(26)28)8-9-29-19/h4-9H,10H2,1-3H3,(H,24,27). The summed E-state index contributed by atoms with van der Waals surface area (Å²) in [5.41, 5.74) is 5.18. The lowest BCUT2D eigenvalue weighted by atomic mass is 10.1. The molecule has 0 spiro atoms. The van der Waals surface area contributed by atoms with E-state index < -0.39 is 5.91 Å². The molecule has 0 saturated carbocycles. The minimum atomic E-state index is -0.510. The summed E-state index contributed by atoms with van der Waals surface area (Å²) < 4.78 is 2.72. The molecule has 29 heavy (non-hydrogen) atoms. The fraction of sp³-hybridized carbons (Fsp3) is 0.200. The van der Waals surface area contributed by atoms with Crippen molar-refractivity contribution in [1.29, 1.82) is 0 Å². The number of benzene rings is 1. The highest BCUT2D eigenvalue weighted by atomic mass is 35.5. The minimum Gasteiger partial charge on any atom is -0.267 e. The van der Waals surface area contributed by atoms with E-state index >= 15 is 0 Å². The van der Waals surface area contributed by atoms with Crippen molar-refractivity contribution in [2.75, 3.05) is 5.43 Å². The summed E-state index contributed by atoms with van der Waals surface area (Å²) in [5.74, 6) is -0.122. The molecular weight excluding hydrogens is 410 g/mol. The fourth-order valence-electron chi connectivity index (χ4n) is 3.09. The van der Waals surface area contributed by atoms with E-state index in [1.165, 1.54) is 11.3 Å². The highest BCUT2D eigenvalue weighted by Gasteiger charge is 2.22. The van der Waals surface area contributed by atoms with E-state index in [1.54, 1.807) is 30.0 Å². The number of aromatic nitrogens is 4. The third kappa shape index (κ3) is 3.56. The van der Waals surface area contributed by atoms with E-state index in [0.717, 1.165) is 15.8 Å². The largest absolute Gasteiger partial charge is 0.281 e. The van der Waals surface area contributed by atoms with Gasteiger partial charge in [-0.25, -0.2) is 14.3 Å². The number of nitrogens with zero attached hydrogens (tertiary/aromatic N) is 4. The van der Waals surface area contributed by atoms with Crippen LogP contribution in [0.25, 0.3) is 10.2 Å². The first kappa shape index (κ1) is 19.4. The molecule has 1 N–H and O–H groups in total. The zero-order chi connectivity index (χ0) is 20.7. The van der Waals surface area contributed by atoms with Crippen molar-refractivity contribution in [3.63, 3.8) is 0 Å². The number of carbonyl (C=O) groups excluding carboxylic acids is 1. The first-order valence-corrected chi connectivity index (χ1v) is 10.2. The van der Waals surface area contributed by atoms with Gasteiger partial charge in [0.2, 0.25) is 0 Å². The third-order valence-corrected chi connectivity index (χ3v) is 5.81. The molecule has 3 heterocycles. The summed E-state index contributed by atoms with van der Waals surface area (Å²) in [5, 5.41) is 6.87. The first-order chi connectivity index (χ1) is 13.8. The highest BCUT2D eigenvalue weighted by molar-refractivity contribution is 7.16. The van der Waals surface area contributed by atoms with E-state index in [9.17, 15) is 9.59 Å². The molecule has 0 saturated heterocycles. The van der Waals surface area contributed by atoms with Gasteiger partial charge in [-0.05, 0) is 37.8 Å². The van der Waals surface area contributed by atoms with Gasteiger partial charge in [-0.1, -0.05) is 41.4 Å². The molecule has 4 rings (SSSR count). The highest BCUT2D eigenvalue weighted by Crippen LogP contribution is 2.22. The molecule has 0 aliphatic carbocycles. The van der Waals surface area contributed by atoms with Gasteiger partial charge in [0, 0.05) is 0 Å². The van der Waals surface area contributed by atoms with Gasteiger partial charge in [-0.2, -0.15) is 5.10 Å². The quantitative estimate of drug-likeness (QED) is 0.538. The number of hydrogen-bond donors (Lipinski definition) is 1. The predicted octanol–water partition coefficient (Wildman–Crippen LogP) is 3.67. The Morgan fingerprint density at radius 3 is 2.62 bits per heavy atom. The Labute approximate surface area is 175 Å². The number of rotatable bonds is 4. The van der Waals surface area contributed by atoms with E-state index in [4.69, 9.17) is 11.6 Å². The zero-order valence-electron chi connectivity index (χ0n) is 16.1. The minimum absolute atomic E-state index is 0.218. The third-order valence-electron chi connectivity index (χ3n) is 4.62. The Kier molecular flexibility index (Phi) is 4.97. The van der Waals surface area contributed by atoms with E-state index in [-0.39, 0.29) is 16.3 Å². The van der Waals surface area contributed by atoms with Crippen LogP contribution in [0.15, 0.2) is 40.5 Å². The molecule has 0 atom stereocenters. The SMILES string of the molecule is Cc1ccc(Cn2nc(C)c(C(=O)Nn3c(C)nc4sccc4c3=O)c2Cl)cc1.